The van der Waals surface area contributed by atoms with Gasteiger partial charge < -0.3 is 8.83 Å². The molecule has 0 unspecified atom stereocenters. The van der Waals surface area contributed by atoms with Crippen LogP contribution < -0.4 is 0 Å². The minimum Gasteiger partial charge on any atom is -0.460 e. The molecular formula is C51H31N3O2. The molecule has 0 amide bonds. The second-order valence-corrected chi connectivity index (χ2v) is 14.6. The highest BCUT2D eigenvalue weighted by atomic mass is 16.3. The number of benzene rings is 8. The molecule has 1 aliphatic rings. The summed E-state index contributed by atoms with van der Waals surface area (Å²) < 4.78 is 13.2. The van der Waals surface area contributed by atoms with Gasteiger partial charge in [0.25, 0.3) is 0 Å². The molecule has 0 saturated carbocycles. The molecule has 8 aromatic carbocycles. The van der Waals surface area contributed by atoms with Crippen LogP contribution in [0, 0.1) is 0 Å². The van der Waals surface area contributed by atoms with E-state index in [2.05, 4.69) is 121 Å². The molecule has 5 nitrogen and oxygen atoms in total. The molecule has 0 saturated heterocycles. The summed E-state index contributed by atoms with van der Waals surface area (Å²) in [6.07, 6.45) is 3.96. The predicted molar refractivity (Wildman–Crippen MR) is 228 cm³/mol. The molecule has 0 atom stereocenters. The maximum Gasteiger partial charge on any atom is 0.164 e. The van der Waals surface area contributed by atoms with Crippen molar-refractivity contribution >= 4 is 76.9 Å². The van der Waals surface area contributed by atoms with E-state index in [1.807, 2.05) is 42.5 Å². The van der Waals surface area contributed by atoms with E-state index in [-0.39, 0.29) is 0 Å². The zero-order chi connectivity index (χ0) is 36.7. The summed E-state index contributed by atoms with van der Waals surface area (Å²) >= 11 is 0. The Hall–Kier alpha value is -7.37. The number of aryl methyl sites for hydroxylation is 1. The molecule has 262 valence electrons. The lowest BCUT2D eigenvalue weighted by atomic mass is 9.89. The molecule has 3 aromatic heterocycles. The molecule has 0 N–H and O–H groups in total. The van der Waals surface area contributed by atoms with Crippen LogP contribution in [0.1, 0.15) is 23.3 Å². The third-order valence-electron chi connectivity index (χ3n) is 11.4. The Morgan fingerprint density at radius 2 is 1.07 bits per heavy atom. The molecule has 0 radical (unpaired) electrons. The van der Waals surface area contributed by atoms with Crippen LogP contribution in [0.4, 0.5) is 0 Å². The van der Waals surface area contributed by atoms with E-state index < -0.39 is 0 Å². The van der Waals surface area contributed by atoms with E-state index in [0.717, 1.165) is 79.3 Å². The second kappa shape index (κ2) is 12.1. The van der Waals surface area contributed by atoms with Crippen LogP contribution >= 0.6 is 0 Å². The first-order valence-electron chi connectivity index (χ1n) is 19.1. The molecule has 11 aromatic rings. The molecule has 56 heavy (non-hydrogen) atoms. The van der Waals surface area contributed by atoms with E-state index >= 15 is 0 Å². The average Bonchev–Trinajstić information content (AvgIpc) is 3.85. The lowest BCUT2D eigenvalue weighted by Gasteiger charge is -2.15. The van der Waals surface area contributed by atoms with Crippen LogP contribution in [0.25, 0.3) is 111 Å². The van der Waals surface area contributed by atoms with Crippen molar-refractivity contribution in [3.05, 3.63) is 175 Å². The largest absolute Gasteiger partial charge is 0.460 e. The highest BCUT2D eigenvalue weighted by molar-refractivity contribution is 6.17. The summed E-state index contributed by atoms with van der Waals surface area (Å²) in [5.74, 6) is 2.87. The van der Waals surface area contributed by atoms with E-state index in [1.165, 1.54) is 37.9 Å². The maximum atomic E-state index is 6.80. The quantitative estimate of drug-likeness (QED) is 0.170. The average molecular weight is 718 g/mol. The molecular weight excluding hydrogens is 687 g/mol. The number of para-hydroxylation sites is 1. The molecule has 12 rings (SSSR count). The molecule has 5 heteroatoms. The summed E-state index contributed by atoms with van der Waals surface area (Å²) in [4.78, 5) is 15.5. The van der Waals surface area contributed by atoms with Crippen LogP contribution in [0.15, 0.2) is 167 Å². The van der Waals surface area contributed by atoms with Gasteiger partial charge in [0.05, 0.1) is 0 Å². The monoisotopic (exact) mass is 717 g/mol. The van der Waals surface area contributed by atoms with Gasteiger partial charge in [0, 0.05) is 50.4 Å². The zero-order valence-corrected chi connectivity index (χ0v) is 30.2. The van der Waals surface area contributed by atoms with Gasteiger partial charge in [-0.05, 0) is 74.7 Å². The van der Waals surface area contributed by atoms with E-state index in [9.17, 15) is 0 Å². The topological polar surface area (TPSA) is 65.0 Å². The Labute approximate surface area is 321 Å². The van der Waals surface area contributed by atoms with Gasteiger partial charge in [-0.2, -0.15) is 0 Å². The number of hydrogen-bond acceptors (Lipinski definition) is 5. The Morgan fingerprint density at radius 3 is 1.95 bits per heavy atom. The number of aromatic nitrogens is 3. The summed E-state index contributed by atoms with van der Waals surface area (Å²) in [6, 6.07) is 54.9. The van der Waals surface area contributed by atoms with Crippen LogP contribution in [-0.2, 0) is 6.42 Å². The number of fused-ring (bicyclic) bond motifs is 11. The molecule has 3 heterocycles. The third kappa shape index (κ3) is 4.77. The number of rotatable bonds is 4. The molecule has 1 aliphatic carbocycles. The molecule has 0 fully saturated rings. The van der Waals surface area contributed by atoms with Crippen molar-refractivity contribution in [3.8, 4) is 34.2 Å². The van der Waals surface area contributed by atoms with Gasteiger partial charge in [0.2, 0.25) is 0 Å². The van der Waals surface area contributed by atoms with Gasteiger partial charge >= 0.3 is 0 Å². The maximum absolute atomic E-state index is 6.80. The summed E-state index contributed by atoms with van der Waals surface area (Å²) in [5, 5.41) is 10.4. The lowest BCUT2D eigenvalue weighted by molar-refractivity contribution is 0.548. The van der Waals surface area contributed by atoms with Gasteiger partial charge in [-0.1, -0.05) is 133 Å². The van der Waals surface area contributed by atoms with Crippen molar-refractivity contribution < 1.29 is 8.83 Å². The fraction of sp³-hybridized carbons (Fsp3) is 0.0392. The number of furan rings is 2. The number of allylic oxidation sites excluding steroid dienone is 1. The van der Waals surface area contributed by atoms with E-state index in [4.69, 9.17) is 23.8 Å². The van der Waals surface area contributed by atoms with Crippen LogP contribution in [-0.4, -0.2) is 15.0 Å². The van der Waals surface area contributed by atoms with Gasteiger partial charge in [-0.25, -0.2) is 15.0 Å². The normalized spacial score (nSPS) is 13.0. The third-order valence-corrected chi connectivity index (χ3v) is 11.4. The minimum absolute atomic E-state index is 0.600. The fourth-order valence-corrected chi connectivity index (χ4v) is 8.75. The summed E-state index contributed by atoms with van der Waals surface area (Å²) in [5.41, 5.74) is 8.79. The van der Waals surface area contributed by atoms with Crippen molar-refractivity contribution in [2.45, 2.75) is 12.8 Å². The predicted octanol–water partition coefficient (Wildman–Crippen LogP) is 13.5. The molecule has 0 bridgehead atoms. The van der Waals surface area contributed by atoms with Crippen LogP contribution in [0.3, 0.4) is 0 Å². The smallest absolute Gasteiger partial charge is 0.164 e. The number of nitrogens with zero attached hydrogens (tertiary/aromatic N) is 3. The summed E-state index contributed by atoms with van der Waals surface area (Å²) in [7, 11) is 0. The number of hydrogen-bond donors (Lipinski definition) is 0. The Balaban J connectivity index is 1.07. The summed E-state index contributed by atoms with van der Waals surface area (Å²) in [6.45, 7) is 0. The highest BCUT2D eigenvalue weighted by Crippen LogP contribution is 2.45. The van der Waals surface area contributed by atoms with Crippen molar-refractivity contribution in [2.24, 2.45) is 0 Å². The Kier molecular flexibility index (Phi) is 6.69. The fourth-order valence-electron chi connectivity index (χ4n) is 8.75. The van der Waals surface area contributed by atoms with Gasteiger partial charge in [0.1, 0.15) is 22.5 Å². The molecule has 0 aliphatic heterocycles. The van der Waals surface area contributed by atoms with Crippen LogP contribution in [0.5, 0.6) is 0 Å². The second-order valence-electron chi connectivity index (χ2n) is 14.6. The minimum atomic E-state index is 0.600. The van der Waals surface area contributed by atoms with Gasteiger partial charge in [-0.15, -0.1) is 0 Å². The van der Waals surface area contributed by atoms with Crippen molar-refractivity contribution in [2.75, 3.05) is 0 Å². The van der Waals surface area contributed by atoms with Crippen molar-refractivity contribution in [1.29, 1.82) is 0 Å². The van der Waals surface area contributed by atoms with Crippen LogP contribution in [0.2, 0.25) is 0 Å². The standard InChI is InChI=1S/C51H31N3O2/c1-2-12-32(13-3-1)49-52-50(35-20-23-37-33(28-35)19-18-30-10-4-6-14-36(30)37)54-51(53-49)41-25-24-39(48-47(41)40-16-8-9-17-43(40)56-48)34-22-26-44-42(29-34)46-38-15-7-5-11-31(38)21-27-45(46)55-44/h1-21,23-25,27-29H,22,26H2. The Bertz CT molecular complexity index is 3430. The zero-order valence-electron chi connectivity index (χ0n) is 30.2. The van der Waals surface area contributed by atoms with Crippen molar-refractivity contribution in [1.82, 2.24) is 15.0 Å². The van der Waals surface area contributed by atoms with E-state index in [0.29, 0.717) is 17.5 Å². The Morgan fingerprint density at radius 1 is 0.411 bits per heavy atom. The SMILES string of the molecule is C1=C(c2ccc(-c3nc(-c4ccccc4)nc(-c4ccc5c(ccc6ccccc65)c4)n3)c3c2oc2ccccc23)CCc2oc3ccc4ccccc4c3c21. The lowest BCUT2D eigenvalue weighted by Crippen LogP contribution is -2.01. The first-order chi connectivity index (χ1) is 27.7. The first-order valence-corrected chi connectivity index (χ1v) is 19.1. The van der Waals surface area contributed by atoms with Crippen molar-refractivity contribution in [3.63, 3.8) is 0 Å². The van der Waals surface area contributed by atoms with Gasteiger partial charge in [-0.3, -0.25) is 0 Å². The molecule has 0 spiro atoms. The van der Waals surface area contributed by atoms with Gasteiger partial charge in [0.15, 0.2) is 17.5 Å². The van der Waals surface area contributed by atoms with E-state index in [1.54, 1.807) is 0 Å². The highest BCUT2D eigenvalue weighted by Gasteiger charge is 2.25. The first kappa shape index (κ1) is 31.0.